The number of benzene rings is 2. The van der Waals surface area contributed by atoms with Gasteiger partial charge in [0.2, 0.25) is 0 Å². The molecule has 1 atom stereocenters. The molecule has 1 aliphatic rings. The topological polar surface area (TPSA) is 115 Å². The Morgan fingerprint density at radius 1 is 1.10 bits per heavy atom. The van der Waals surface area contributed by atoms with Crippen molar-refractivity contribution in [3.05, 3.63) is 77.6 Å². The van der Waals surface area contributed by atoms with E-state index in [9.17, 15) is 14.7 Å². The van der Waals surface area contributed by atoms with Crippen LogP contribution >= 0.6 is 0 Å². The van der Waals surface area contributed by atoms with Crippen LogP contribution in [0.2, 0.25) is 0 Å². The quantitative estimate of drug-likeness (QED) is 0.561. The summed E-state index contributed by atoms with van der Waals surface area (Å²) >= 11 is 0. The molecule has 9 heteroatoms. The average Bonchev–Trinajstić information content (AvgIpc) is 3.23. The molecule has 31 heavy (non-hydrogen) atoms. The standard InChI is InChI=1S/C22H20N4O5/c1-30-14-9-7-13(8-10-14)24-21(27)16-12-23-26-18(11-17(22(28)29)25-20(16)26)15-5-3-4-6-19(15)31-2/h3-12,18,25H,1-2H3,(H,24,27)(H,28,29)/t18-/m1/s1. The molecule has 0 aliphatic carbocycles. The Hall–Kier alpha value is -4.27. The number of aromatic nitrogens is 2. The van der Waals surface area contributed by atoms with Crippen molar-refractivity contribution in [3.63, 3.8) is 0 Å². The summed E-state index contributed by atoms with van der Waals surface area (Å²) < 4.78 is 12.1. The van der Waals surface area contributed by atoms with Crippen LogP contribution < -0.4 is 20.1 Å². The van der Waals surface area contributed by atoms with E-state index in [1.54, 1.807) is 49.2 Å². The molecular weight excluding hydrogens is 400 g/mol. The van der Waals surface area contributed by atoms with Crippen LogP contribution in [0.15, 0.2) is 66.5 Å². The number of carboxylic acid groups (broad SMARTS) is 1. The minimum absolute atomic E-state index is 0.0533. The number of allylic oxidation sites excluding steroid dienone is 1. The number of methoxy groups -OCH3 is 2. The first-order chi connectivity index (χ1) is 15.0. The van der Waals surface area contributed by atoms with E-state index in [0.717, 1.165) is 5.56 Å². The summed E-state index contributed by atoms with van der Waals surface area (Å²) in [5, 5.41) is 19.6. The molecule has 0 unspecified atom stereocenters. The van der Waals surface area contributed by atoms with Crippen molar-refractivity contribution in [2.75, 3.05) is 24.9 Å². The van der Waals surface area contributed by atoms with E-state index in [2.05, 4.69) is 15.7 Å². The number of hydrogen-bond acceptors (Lipinski definition) is 6. The van der Waals surface area contributed by atoms with Crippen LogP contribution in [0, 0.1) is 0 Å². The molecule has 0 fully saturated rings. The Balaban J connectivity index is 1.71. The van der Waals surface area contributed by atoms with Gasteiger partial charge >= 0.3 is 5.97 Å². The zero-order chi connectivity index (χ0) is 22.0. The van der Waals surface area contributed by atoms with E-state index >= 15 is 0 Å². The lowest BCUT2D eigenvalue weighted by atomic mass is 10.0. The van der Waals surface area contributed by atoms with E-state index in [0.29, 0.717) is 17.2 Å². The van der Waals surface area contributed by atoms with Crippen LogP contribution in [0.4, 0.5) is 11.5 Å². The molecule has 1 amide bonds. The van der Waals surface area contributed by atoms with Gasteiger partial charge in [0, 0.05) is 11.3 Å². The summed E-state index contributed by atoms with van der Waals surface area (Å²) in [7, 11) is 3.10. The Morgan fingerprint density at radius 2 is 1.84 bits per heavy atom. The van der Waals surface area contributed by atoms with E-state index in [-0.39, 0.29) is 17.1 Å². The molecule has 0 bridgehead atoms. The fourth-order valence-electron chi connectivity index (χ4n) is 3.39. The number of rotatable bonds is 6. The van der Waals surface area contributed by atoms with Crippen molar-refractivity contribution < 1.29 is 24.2 Å². The van der Waals surface area contributed by atoms with Crippen molar-refractivity contribution in [2.45, 2.75) is 6.04 Å². The maximum atomic E-state index is 12.9. The van der Waals surface area contributed by atoms with Crippen LogP contribution in [-0.2, 0) is 4.79 Å². The smallest absolute Gasteiger partial charge is 0.352 e. The van der Waals surface area contributed by atoms with Crippen LogP contribution in [0.25, 0.3) is 0 Å². The molecule has 2 aromatic carbocycles. The fourth-order valence-corrected chi connectivity index (χ4v) is 3.39. The minimum Gasteiger partial charge on any atom is -0.497 e. The van der Waals surface area contributed by atoms with Gasteiger partial charge in [-0.2, -0.15) is 5.10 Å². The molecule has 0 saturated heterocycles. The van der Waals surface area contributed by atoms with Crippen LogP contribution in [0.1, 0.15) is 22.0 Å². The van der Waals surface area contributed by atoms with E-state index in [1.807, 2.05) is 18.2 Å². The van der Waals surface area contributed by atoms with E-state index < -0.39 is 17.9 Å². The lowest BCUT2D eigenvalue weighted by Gasteiger charge is -2.25. The number of aliphatic carboxylic acids is 1. The number of carbonyl (C=O) groups excluding carboxylic acids is 1. The molecule has 1 aliphatic heterocycles. The van der Waals surface area contributed by atoms with Crippen LogP contribution in [0.3, 0.4) is 0 Å². The molecule has 0 saturated carbocycles. The number of hydrogen-bond donors (Lipinski definition) is 3. The maximum Gasteiger partial charge on any atom is 0.352 e. The first kappa shape index (κ1) is 20.0. The second-order valence-corrected chi connectivity index (χ2v) is 6.73. The number of nitrogens with zero attached hydrogens (tertiary/aromatic N) is 2. The Kier molecular flexibility index (Phi) is 5.31. The normalized spacial score (nSPS) is 14.6. The van der Waals surface area contributed by atoms with Gasteiger partial charge in [-0.25, -0.2) is 9.48 Å². The highest BCUT2D eigenvalue weighted by atomic mass is 16.5. The van der Waals surface area contributed by atoms with Crippen molar-refractivity contribution in [3.8, 4) is 11.5 Å². The zero-order valence-corrected chi connectivity index (χ0v) is 16.8. The van der Waals surface area contributed by atoms with Crippen molar-refractivity contribution in [1.29, 1.82) is 0 Å². The molecule has 0 spiro atoms. The number of fused-ring (bicyclic) bond motifs is 1. The lowest BCUT2D eigenvalue weighted by Crippen LogP contribution is -2.26. The second-order valence-electron chi connectivity index (χ2n) is 6.73. The Bertz CT molecular complexity index is 1170. The predicted molar refractivity (Wildman–Crippen MR) is 114 cm³/mol. The van der Waals surface area contributed by atoms with Crippen molar-refractivity contribution in [2.24, 2.45) is 0 Å². The van der Waals surface area contributed by atoms with E-state index in [4.69, 9.17) is 9.47 Å². The average molecular weight is 420 g/mol. The largest absolute Gasteiger partial charge is 0.497 e. The molecule has 3 aromatic rings. The Morgan fingerprint density at radius 3 is 2.52 bits per heavy atom. The highest BCUT2D eigenvalue weighted by Gasteiger charge is 2.30. The number of amides is 1. The first-order valence-electron chi connectivity index (χ1n) is 9.39. The summed E-state index contributed by atoms with van der Waals surface area (Å²) in [4.78, 5) is 24.7. The van der Waals surface area contributed by atoms with Gasteiger partial charge in [-0.1, -0.05) is 18.2 Å². The molecule has 4 rings (SSSR count). The van der Waals surface area contributed by atoms with Gasteiger partial charge in [0.1, 0.15) is 34.6 Å². The summed E-state index contributed by atoms with van der Waals surface area (Å²) in [5.41, 5.74) is 1.44. The number of nitrogens with one attached hydrogen (secondary N) is 2. The van der Waals surface area contributed by atoms with Crippen LogP contribution in [-0.4, -0.2) is 41.0 Å². The van der Waals surface area contributed by atoms with E-state index in [1.165, 1.54) is 12.3 Å². The predicted octanol–water partition coefficient (Wildman–Crippen LogP) is 3.14. The summed E-state index contributed by atoms with van der Waals surface area (Å²) in [6, 6.07) is 13.6. The van der Waals surface area contributed by atoms with Gasteiger partial charge < -0.3 is 25.2 Å². The summed E-state index contributed by atoms with van der Waals surface area (Å²) in [6.45, 7) is 0. The summed E-state index contributed by atoms with van der Waals surface area (Å²) in [6.07, 6.45) is 2.94. The van der Waals surface area contributed by atoms with Gasteiger partial charge in [-0.05, 0) is 36.4 Å². The third kappa shape index (κ3) is 3.80. The molecule has 3 N–H and O–H groups in total. The van der Waals surface area contributed by atoms with Crippen LogP contribution in [0.5, 0.6) is 11.5 Å². The lowest BCUT2D eigenvalue weighted by molar-refractivity contribution is -0.132. The highest BCUT2D eigenvalue weighted by molar-refractivity contribution is 6.08. The van der Waals surface area contributed by atoms with Gasteiger partial charge in [0.05, 0.1) is 20.4 Å². The second kappa shape index (κ2) is 8.23. The SMILES string of the molecule is COc1ccc(NC(=O)c2cnn3c2NC(C(=O)O)=C[C@@H]3c2ccccc2OC)cc1. The minimum atomic E-state index is -1.14. The Labute approximate surface area is 177 Å². The first-order valence-corrected chi connectivity index (χ1v) is 9.39. The zero-order valence-electron chi connectivity index (χ0n) is 16.8. The third-order valence-electron chi connectivity index (χ3n) is 4.92. The van der Waals surface area contributed by atoms with Gasteiger partial charge in [-0.15, -0.1) is 0 Å². The molecule has 9 nitrogen and oxygen atoms in total. The maximum absolute atomic E-state index is 12.9. The van der Waals surface area contributed by atoms with Gasteiger partial charge in [0.25, 0.3) is 5.91 Å². The van der Waals surface area contributed by atoms with Gasteiger partial charge in [-0.3, -0.25) is 4.79 Å². The van der Waals surface area contributed by atoms with Crippen molar-refractivity contribution >= 4 is 23.4 Å². The molecular formula is C22H20N4O5. The number of carboxylic acids is 1. The molecule has 0 radical (unpaired) electrons. The third-order valence-corrected chi connectivity index (χ3v) is 4.92. The number of anilines is 2. The molecule has 158 valence electrons. The highest BCUT2D eigenvalue weighted by Crippen LogP contribution is 2.36. The number of para-hydroxylation sites is 1. The number of carbonyl (C=O) groups is 2. The molecule has 1 aromatic heterocycles. The number of ether oxygens (including phenoxy) is 2. The monoisotopic (exact) mass is 420 g/mol. The molecule has 2 heterocycles. The van der Waals surface area contributed by atoms with Crippen molar-refractivity contribution in [1.82, 2.24) is 9.78 Å². The fraction of sp³-hybridized carbons (Fsp3) is 0.136. The summed E-state index contributed by atoms with van der Waals surface area (Å²) in [5.74, 6) is -0.0421. The van der Waals surface area contributed by atoms with Gasteiger partial charge in [0.15, 0.2) is 0 Å².